The van der Waals surface area contributed by atoms with Gasteiger partial charge in [0.2, 0.25) is 5.91 Å². The van der Waals surface area contributed by atoms with Crippen LogP contribution in [-0.4, -0.2) is 58.0 Å². The van der Waals surface area contributed by atoms with E-state index in [0.29, 0.717) is 5.56 Å². The zero-order chi connectivity index (χ0) is 18.6. The first-order valence-corrected chi connectivity index (χ1v) is 8.48. The van der Waals surface area contributed by atoms with Crippen LogP contribution in [0.25, 0.3) is 0 Å². The van der Waals surface area contributed by atoms with Crippen molar-refractivity contribution in [1.29, 1.82) is 0 Å². The molecule has 5 N–H and O–H groups in total. The van der Waals surface area contributed by atoms with E-state index in [9.17, 15) is 24.9 Å². The summed E-state index contributed by atoms with van der Waals surface area (Å²) >= 11 is 0. The number of carbonyl (C=O) groups excluding carboxylic acids is 2. The number of rotatable bonds is 6. The van der Waals surface area contributed by atoms with Crippen molar-refractivity contribution in [2.24, 2.45) is 11.8 Å². The lowest BCUT2D eigenvalue weighted by atomic mass is 10.0. The van der Waals surface area contributed by atoms with Gasteiger partial charge in [-0.3, -0.25) is 9.59 Å². The summed E-state index contributed by atoms with van der Waals surface area (Å²) in [7, 11) is 0. The number of hydrogen-bond donors (Lipinski definition) is 5. The summed E-state index contributed by atoms with van der Waals surface area (Å²) in [5, 5.41) is 34.5. The molecule has 0 saturated heterocycles. The molecule has 2 rings (SSSR count). The van der Waals surface area contributed by atoms with Gasteiger partial charge >= 0.3 is 0 Å². The summed E-state index contributed by atoms with van der Waals surface area (Å²) in [6.07, 6.45) is -1.94. The molecule has 1 aromatic carbocycles. The van der Waals surface area contributed by atoms with Gasteiger partial charge in [-0.15, -0.1) is 0 Å². The molecule has 1 saturated carbocycles. The van der Waals surface area contributed by atoms with Crippen LogP contribution in [0, 0.1) is 11.8 Å². The molecule has 7 nitrogen and oxygen atoms in total. The monoisotopic (exact) mass is 350 g/mol. The zero-order valence-corrected chi connectivity index (χ0v) is 14.4. The highest BCUT2D eigenvalue weighted by Gasteiger charge is 2.42. The summed E-state index contributed by atoms with van der Waals surface area (Å²) in [6.45, 7) is 3.36. The van der Waals surface area contributed by atoms with Crippen molar-refractivity contribution in [2.45, 2.75) is 44.6 Å². The van der Waals surface area contributed by atoms with Crippen LogP contribution in [-0.2, 0) is 4.79 Å². The molecule has 0 radical (unpaired) electrons. The molecular weight excluding hydrogens is 324 g/mol. The Hall–Kier alpha value is -1.96. The summed E-state index contributed by atoms with van der Waals surface area (Å²) in [6, 6.07) is 7.17. The van der Waals surface area contributed by atoms with Crippen LogP contribution in [0.3, 0.4) is 0 Å². The molecule has 7 heteroatoms. The van der Waals surface area contributed by atoms with Crippen molar-refractivity contribution in [3.63, 3.8) is 0 Å². The van der Waals surface area contributed by atoms with Crippen LogP contribution in [0.4, 0.5) is 0 Å². The third kappa shape index (κ3) is 4.56. The first kappa shape index (κ1) is 19.4. The first-order valence-electron chi connectivity index (χ1n) is 8.48. The molecule has 0 heterocycles. The largest absolute Gasteiger partial charge is 0.396 e. The number of nitrogens with one attached hydrogen (secondary N) is 2. The van der Waals surface area contributed by atoms with E-state index in [1.54, 1.807) is 30.3 Å². The topological polar surface area (TPSA) is 119 Å². The second kappa shape index (κ2) is 8.42. The highest BCUT2D eigenvalue weighted by Crippen LogP contribution is 2.26. The average Bonchev–Trinajstić information content (AvgIpc) is 2.87. The van der Waals surface area contributed by atoms with Gasteiger partial charge in [-0.2, -0.15) is 0 Å². The fourth-order valence-corrected chi connectivity index (χ4v) is 3.07. The van der Waals surface area contributed by atoms with Crippen molar-refractivity contribution < 1.29 is 24.9 Å². The predicted octanol–water partition coefficient (Wildman–Crippen LogP) is -0.340. The van der Waals surface area contributed by atoms with Crippen LogP contribution in [0.2, 0.25) is 0 Å². The van der Waals surface area contributed by atoms with Crippen LogP contribution in [0.15, 0.2) is 30.3 Å². The highest BCUT2D eigenvalue weighted by atomic mass is 16.3. The van der Waals surface area contributed by atoms with Crippen LogP contribution in [0.5, 0.6) is 0 Å². The molecule has 1 aromatic rings. The Balaban J connectivity index is 2.02. The Morgan fingerprint density at radius 1 is 1.16 bits per heavy atom. The van der Waals surface area contributed by atoms with Crippen LogP contribution in [0.1, 0.15) is 30.6 Å². The van der Waals surface area contributed by atoms with Gasteiger partial charge in [0.05, 0.1) is 12.1 Å². The van der Waals surface area contributed by atoms with Crippen molar-refractivity contribution in [2.75, 3.05) is 6.61 Å². The van der Waals surface area contributed by atoms with Gasteiger partial charge in [-0.25, -0.2) is 0 Å². The minimum atomic E-state index is -1.14. The van der Waals surface area contributed by atoms with Crippen molar-refractivity contribution in [3.8, 4) is 0 Å². The minimum absolute atomic E-state index is 0.162. The third-order valence-electron chi connectivity index (χ3n) is 4.64. The summed E-state index contributed by atoms with van der Waals surface area (Å²) in [5.41, 5.74) is 0.456. The molecule has 1 unspecified atom stereocenters. The van der Waals surface area contributed by atoms with E-state index in [2.05, 4.69) is 10.6 Å². The first-order chi connectivity index (χ1) is 11.8. The number of benzene rings is 1. The van der Waals surface area contributed by atoms with Gasteiger partial charge in [0.25, 0.3) is 5.91 Å². The molecule has 0 aliphatic heterocycles. The molecule has 2 amide bonds. The third-order valence-corrected chi connectivity index (χ3v) is 4.64. The molecule has 1 aliphatic rings. The van der Waals surface area contributed by atoms with Gasteiger partial charge in [0.1, 0.15) is 12.1 Å². The fraction of sp³-hybridized carbons (Fsp3) is 0.556. The Kier molecular flexibility index (Phi) is 6.52. The maximum Gasteiger partial charge on any atom is 0.251 e. The highest BCUT2D eigenvalue weighted by molar-refractivity contribution is 5.97. The minimum Gasteiger partial charge on any atom is -0.396 e. The maximum absolute atomic E-state index is 12.6. The summed E-state index contributed by atoms with van der Waals surface area (Å²) < 4.78 is 0. The molecule has 0 spiro atoms. The lowest BCUT2D eigenvalue weighted by Gasteiger charge is -2.25. The molecular formula is C18H26N2O5. The number of carbonyl (C=O) groups is 2. The van der Waals surface area contributed by atoms with Crippen molar-refractivity contribution in [1.82, 2.24) is 10.6 Å². The number of hydrogen-bond acceptors (Lipinski definition) is 5. The lowest BCUT2D eigenvalue weighted by molar-refractivity contribution is -0.125. The van der Waals surface area contributed by atoms with Gasteiger partial charge in [0.15, 0.2) is 0 Å². The number of amides is 2. The second-order valence-corrected chi connectivity index (χ2v) is 6.84. The smallest absolute Gasteiger partial charge is 0.251 e. The Morgan fingerprint density at radius 3 is 2.32 bits per heavy atom. The van der Waals surface area contributed by atoms with E-state index in [4.69, 9.17) is 0 Å². The average molecular weight is 350 g/mol. The standard InChI is InChI=1S/C18H26N2O5/c1-10(2)14(20-17(24)11-6-4-3-5-7-11)18(25)19-13-8-12(9-21)15(22)16(13)23/h3-7,10,12-16,21-23H,8-9H2,1-2H3,(H,19,25)(H,20,24)/t12-,13-,14?,15-,16+/m1/s1. The molecule has 25 heavy (non-hydrogen) atoms. The van der Waals surface area contributed by atoms with Gasteiger partial charge < -0.3 is 26.0 Å². The fourth-order valence-electron chi connectivity index (χ4n) is 3.07. The molecule has 5 atom stereocenters. The van der Waals surface area contributed by atoms with Crippen molar-refractivity contribution >= 4 is 11.8 Å². The SMILES string of the molecule is CC(C)C(NC(=O)c1ccccc1)C(=O)N[C@@H]1C[C@H](CO)[C@@H](O)[C@H]1O. The van der Waals surface area contributed by atoms with Gasteiger partial charge in [-0.05, 0) is 24.5 Å². The Morgan fingerprint density at radius 2 is 1.80 bits per heavy atom. The van der Waals surface area contributed by atoms with E-state index in [-0.39, 0.29) is 24.9 Å². The quantitative estimate of drug-likeness (QED) is 0.481. The Bertz CT molecular complexity index is 592. The number of aliphatic hydroxyl groups excluding tert-OH is 3. The molecule has 1 aliphatic carbocycles. The van der Waals surface area contributed by atoms with E-state index >= 15 is 0 Å². The normalized spacial score (nSPS) is 27.1. The predicted molar refractivity (Wildman–Crippen MR) is 91.7 cm³/mol. The van der Waals surface area contributed by atoms with Gasteiger partial charge in [0, 0.05) is 18.1 Å². The van der Waals surface area contributed by atoms with Crippen LogP contribution >= 0.6 is 0 Å². The maximum atomic E-state index is 12.6. The van der Waals surface area contributed by atoms with Crippen LogP contribution < -0.4 is 10.6 Å². The lowest BCUT2D eigenvalue weighted by Crippen LogP contribution is -2.54. The number of aliphatic hydroxyl groups is 3. The summed E-state index contributed by atoms with van der Waals surface area (Å²) in [5.74, 6) is -1.41. The van der Waals surface area contributed by atoms with E-state index in [0.717, 1.165) is 0 Å². The van der Waals surface area contributed by atoms with E-state index in [1.807, 2.05) is 13.8 Å². The van der Waals surface area contributed by atoms with E-state index in [1.165, 1.54) is 0 Å². The molecule has 0 aromatic heterocycles. The summed E-state index contributed by atoms with van der Waals surface area (Å²) in [4.78, 5) is 24.9. The van der Waals surface area contributed by atoms with E-state index < -0.39 is 36.1 Å². The Labute approximate surface area is 147 Å². The zero-order valence-electron chi connectivity index (χ0n) is 14.4. The van der Waals surface area contributed by atoms with Gasteiger partial charge in [-0.1, -0.05) is 32.0 Å². The molecule has 138 valence electrons. The second-order valence-electron chi connectivity index (χ2n) is 6.84. The van der Waals surface area contributed by atoms with Crippen molar-refractivity contribution in [3.05, 3.63) is 35.9 Å². The molecule has 0 bridgehead atoms. The molecule has 1 fully saturated rings.